The minimum Gasteiger partial charge on any atom is -0.486 e. The van der Waals surface area contributed by atoms with Crippen molar-refractivity contribution in [1.29, 1.82) is 0 Å². The highest BCUT2D eigenvalue weighted by atomic mass is 16.6. The van der Waals surface area contributed by atoms with Gasteiger partial charge in [-0.1, -0.05) is 13.3 Å². The third-order valence-corrected chi connectivity index (χ3v) is 4.92. The first kappa shape index (κ1) is 14.8. The van der Waals surface area contributed by atoms with Crippen LogP contribution in [0.3, 0.4) is 0 Å². The number of nitrogens with one attached hydrogen (secondary N) is 1. The summed E-state index contributed by atoms with van der Waals surface area (Å²) in [6, 6.07) is 4.77. The Hall–Kier alpha value is -1.75. The van der Waals surface area contributed by atoms with E-state index in [4.69, 9.17) is 14.5 Å². The Morgan fingerprint density at radius 3 is 2.78 bits per heavy atom. The second-order valence-electron chi connectivity index (χ2n) is 6.45. The van der Waals surface area contributed by atoms with Crippen LogP contribution in [-0.4, -0.2) is 35.4 Å². The lowest BCUT2D eigenvalue weighted by Gasteiger charge is -2.24. The Balaban J connectivity index is 1.63. The van der Waals surface area contributed by atoms with Gasteiger partial charge < -0.3 is 19.4 Å². The van der Waals surface area contributed by atoms with E-state index in [-0.39, 0.29) is 0 Å². The molecule has 0 saturated carbocycles. The zero-order chi connectivity index (χ0) is 15.6. The molecule has 23 heavy (non-hydrogen) atoms. The molecule has 0 aliphatic carbocycles. The zero-order valence-corrected chi connectivity index (χ0v) is 13.8. The molecule has 3 heterocycles. The molecule has 5 heteroatoms. The Labute approximate surface area is 137 Å². The van der Waals surface area contributed by atoms with Gasteiger partial charge in [0.2, 0.25) is 0 Å². The number of imidazole rings is 1. The van der Waals surface area contributed by atoms with E-state index >= 15 is 0 Å². The van der Waals surface area contributed by atoms with Crippen LogP contribution in [0.1, 0.15) is 38.4 Å². The average molecular weight is 315 g/mol. The number of nitrogens with zero attached hydrogens (tertiary/aromatic N) is 2. The van der Waals surface area contributed by atoms with Crippen molar-refractivity contribution >= 4 is 11.0 Å². The highest BCUT2D eigenvalue weighted by Gasteiger charge is 2.19. The number of hydrogen-bond acceptors (Lipinski definition) is 4. The van der Waals surface area contributed by atoms with Gasteiger partial charge in [-0.2, -0.15) is 0 Å². The molecule has 1 fully saturated rings. The summed E-state index contributed by atoms with van der Waals surface area (Å²) in [6.07, 6.45) is 6.06. The van der Waals surface area contributed by atoms with Gasteiger partial charge in [-0.15, -0.1) is 0 Å². The van der Waals surface area contributed by atoms with Crippen LogP contribution < -0.4 is 14.8 Å². The van der Waals surface area contributed by atoms with Crippen molar-refractivity contribution in [3.63, 3.8) is 0 Å². The van der Waals surface area contributed by atoms with E-state index in [1.807, 2.05) is 6.07 Å². The molecule has 0 radical (unpaired) electrons. The monoisotopic (exact) mass is 315 g/mol. The van der Waals surface area contributed by atoms with Crippen molar-refractivity contribution < 1.29 is 9.47 Å². The van der Waals surface area contributed by atoms with E-state index in [0.717, 1.165) is 48.8 Å². The Kier molecular flexibility index (Phi) is 4.12. The van der Waals surface area contributed by atoms with Gasteiger partial charge in [0.25, 0.3) is 0 Å². The van der Waals surface area contributed by atoms with Crippen molar-refractivity contribution in [2.45, 2.75) is 51.6 Å². The molecule has 1 atom stereocenters. The molecule has 2 aliphatic heterocycles. The van der Waals surface area contributed by atoms with Crippen molar-refractivity contribution in [3.05, 3.63) is 18.0 Å². The fourth-order valence-corrected chi connectivity index (χ4v) is 3.69. The van der Waals surface area contributed by atoms with Crippen molar-refractivity contribution in [2.75, 3.05) is 19.8 Å². The van der Waals surface area contributed by atoms with Gasteiger partial charge in [-0.05, 0) is 25.8 Å². The topological polar surface area (TPSA) is 48.3 Å². The molecule has 2 aromatic rings. The molecule has 1 N–H and O–H groups in total. The lowest BCUT2D eigenvalue weighted by Crippen LogP contribution is -2.34. The van der Waals surface area contributed by atoms with Crippen LogP contribution in [-0.2, 0) is 13.0 Å². The minimum atomic E-state index is 0.618. The summed E-state index contributed by atoms with van der Waals surface area (Å²) in [4.78, 5) is 4.81. The molecule has 2 aliphatic rings. The van der Waals surface area contributed by atoms with Gasteiger partial charge in [0.05, 0.1) is 11.0 Å². The molecule has 1 aromatic heterocycles. The number of fused-ring (bicyclic) bond motifs is 2. The van der Waals surface area contributed by atoms with Crippen molar-refractivity contribution in [3.8, 4) is 11.5 Å². The first-order valence-electron chi connectivity index (χ1n) is 8.87. The lowest BCUT2D eigenvalue weighted by atomic mass is 10.0. The van der Waals surface area contributed by atoms with Gasteiger partial charge in [-0.3, -0.25) is 0 Å². The zero-order valence-electron chi connectivity index (χ0n) is 13.8. The van der Waals surface area contributed by atoms with Gasteiger partial charge in [0.15, 0.2) is 11.5 Å². The van der Waals surface area contributed by atoms with E-state index in [1.54, 1.807) is 0 Å². The van der Waals surface area contributed by atoms with E-state index < -0.39 is 0 Å². The molecule has 5 nitrogen and oxygen atoms in total. The molecule has 124 valence electrons. The normalized spacial score (nSPS) is 20.8. The summed E-state index contributed by atoms with van der Waals surface area (Å²) >= 11 is 0. The van der Waals surface area contributed by atoms with Crippen LogP contribution in [0, 0.1) is 0 Å². The maximum Gasteiger partial charge on any atom is 0.163 e. The number of rotatable bonds is 4. The molecule has 0 bridgehead atoms. The lowest BCUT2D eigenvalue weighted by molar-refractivity contribution is 0.172. The maximum absolute atomic E-state index is 5.75. The average Bonchev–Trinajstić information content (AvgIpc) is 2.95. The van der Waals surface area contributed by atoms with Crippen LogP contribution in [0.2, 0.25) is 0 Å². The van der Waals surface area contributed by atoms with Gasteiger partial charge in [-0.25, -0.2) is 4.98 Å². The van der Waals surface area contributed by atoms with Gasteiger partial charge in [0, 0.05) is 31.1 Å². The standard InChI is InChI=1S/C18H25N3O2/c1-2-18-20-14-11-16-17(23-10-9-22-16)12-15(14)21(18)8-6-13-5-3-4-7-19-13/h11-13,19H,2-10H2,1H3. The van der Waals surface area contributed by atoms with Crippen LogP contribution in [0.25, 0.3) is 11.0 Å². The maximum atomic E-state index is 5.75. The molecular weight excluding hydrogens is 290 g/mol. The highest BCUT2D eigenvalue weighted by molar-refractivity contribution is 5.80. The number of ether oxygens (including phenoxy) is 2. The largest absolute Gasteiger partial charge is 0.486 e. The molecule has 1 aromatic carbocycles. The number of hydrogen-bond donors (Lipinski definition) is 1. The smallest absolute Gasteiger partial charge is 0.163 e. The minimum absolute atomic E-state index is 0.618. The Morgan fingerprint density at radius 2 is 2.04 bits per heavy atom. The van der Waals surface area contributed by atoms with Crippen molar-refractivity contribution in [1.82, 2.24) is 14.9 Å². The number of aromatic nitrogens is 2. The Bertz CT molecular complexity index is 689. The summed E-state index contributed by atoms with van der Waals surface area (Å²) < 4.78 is 13.8. The second-order valence-corrected chi connectivity index (χ2v) is 6.45. The predicted octanol–water partition coefficient (Wildman–Crippen LogP) is 2.90. The molecule has 0 spiro atoms. The molecular formula is C18H25N3O2. The molecule has 1 unspecified atom stereocenters. The van der Waals surface area contributed by atoms with Crippen LogP contribution in [0.5, 0.6) is 11.5 Å². The number of aryl methyl sites for hydroxylation is 2. The number of piperidine rings is 1. The van der Waals surface area contributed by atoms with Crippen molar-refractivity contribution in [2.24, 2.45) is 0 Å². The van der Waals surface area contributed by atoms with Crippen LogP contribution in [0.4, 0.5) is 0 Å². The number of benzene rings is 1. The third kappa shape index (κ3) is 2.90. The van der Waals surface area contributed by atoms with Crippen LogP contribution >= 0.6 is 0 Å². The molecule has 0 amide bonds. The summed E-state index contributed by atoms with van der Waals surface area (Å²) in [6.45, 7) is 5.58. The van der Waals surface area contributed by atoms with E-state index in [9.17, 15) is 0 Å². The predicted molar refractivity (Wildman–Crippen MR) is 90.4 cm³/mol. The fraction of sp³-hybridized carbons (Fsp3) is 0.611. The molecule has 1 saturated heterocycles. The molecule has 4 rings (SSSR count). The quantitative estimate of drug-likeness (QED) is 0.942. The summed E-state index contributed by atoms with van der Waals surface area (Å²) in [5.74, 6) is 2.83. The highest BCUT2D eigenvalue weighted by Crippen LogP contribution is 2.35. The summed E-state index contributed by atoms with van der Waals surface area (Å²) in [5, 5.41) is 3.64. The summed E-state index contributed by atoms with van der Waals surface area (Å²) in [5.41, 5.74) is 2.18. The SMILES string of the molecule is CCc1nc2cc3c(cc2n1CCC1CCCCN1)OCCO3. The Morgan fingerprint density at radius 1 is 1.22 bits per heavy atom. The van der Waals surface area contributed by atoms with E-state index in [1.165, 1.54) is 24.8 Å². The van der Waals surface area contributed by atoms with E-state index in [0.29, 0.717) is 19.3 Å². The van der Waals surface area contributed by atoms with Crippen LogP contribution in [0.15, 0.2) is 12.1 Å². The third-order valence-electron chi connectivity index (χ3n) is 4.92. The van der Waals surface area contributed by atoms with Gasteiger partial charge >= 0.3 is 0 Å². The van der Waals surface area contributed by atoms with E-state index in [2.05, 4.69) is 22.9 Å². The second kappa shape index (κ2) is 6.40. The first-order valence-corrected chi connectivity index (χ1v) is 8.87. The van der Waals surface area contributed by atoms with Gasteiger partial charge in [0.1, 0.15) is 19.0 Å². The fourth-order valence-electron chi connectivity index (χ4n) is 3.69. The first-order chi connectivity index (χ1) is 11.3. The summed E-state index contributed by atoms with van der Waals surface area (Å²) in [7, 11) is 0.